The molecule has 0 heterocycles. The molecule has 2 N–H and O–H groups in total. The molecule has 0 unspecified atom stereocenters. The second kappa shape index (κ2) is 8.64. The summed E-state index contributed by atoms with van der Waals surface area (Å²) in [6, 6.07) is 8.34. The summed E-state index contributed by atoms with van der Waals surface area (Å²) in [4.78, 5) is 22.1. The van der Waals surface area contributed by atoms with Gasteiger partial charge in [-0.05, 0) is 37.1 Å². The number of nitro groups is 1. The van der Waals surface area contributed by atoms with Gasteiger partial charge >= 0.3 is 0 Å². The van der Waals surface area contributed by atoms with E-state index in [9.17, 15) is 14.9 Å². The first-order chi connectivity index (χ1) is 12.3. The Bertz CT molecular complexity index is 885. The van der Waals surface area contributed by atoms with Crippen LogP contribution in [0.25, 0.3) is 0 Å². The van der Waals surface area contributed by atoms with Crippen LogP contribution in [0.4, 0.5) is 11.4 Å². The Kier molecular flexibility index (Phi) is 6.54. The number of carbonyl (C=O) groups excluding carboxylic acids is 1. The first kappa shape index (κ1) is 19.7. The van der Waals surface area contributed by atoms with Crippen molar-refractivity contribution in [3.63, 3.8) is 0 Å². The van der Waals surface area contributed by atoms with E-state index in [4.69, 9.17) is 23.2 Å². The smallest absolute Gasteiger partial charge is 0.288 e. The largest absolute Gasteiger partial charge is 0.376 e. The molecule has 0 aliphatic carbocycles. The van der Waals surface area contributed by atoms with Crippen LogP contribution in [0.5, 0.6) is 0 Å². The average molecular weight is 395 g/mol. The Morgan fingerprint density at radius 1 is 1.23 bits per heavy atom. The minimum Gasteiger partial charge on any atom is -0.376 e. The number of aryl methyl sites for hydroxylation is 2. The van der Waals surface area contributed by atoms with Crippen molar-refractivity contribution in [2.24, 2.45) is 5.10 Å². The fourth-order valence-electron chi connectivity index (χ4n) is 2.11. The molecule has 0 saturated heterocycles. The number of nitro benzene ring substituents is 1. The van der Waals surface area contributed by atoms with E-state index in [0.29, 0.717) is 0 Å². The van der Waals surface area contributed by atoms with E-state index in [0.717, 1.165) is 16.8 Å². The summed E-state index contributed by atoms with van der Waals surface area (Å²) in [5.74, 6) is -0.373. The van der Waals surface area contributed by atoms with Crippen LogP contribution in [0, 0.1) is 24.0 Å². The number of rotatable bonds is 6. The van der Waals surface area contributed by atoms with Crippen molar-refractivity contribution < 1.29 is 9.72 Å². The SMILES string of the molecule is Cc1ccc(C)c(NCC(=O)N/N=C\c2cc([N+](=O)[O-])c(Cl)cc2Cl)c1. The minimum absolute atomic E-state index is 0.0239. The summed E-state index contributed by atoms with van der Waals surface area (Å²) in [6.07, 6.45) is 1.22. The van der Waals surface area contributed by atoms with Gasteiger partial charge < -0.3 is 5.32 Å². The molecule has 0 aromatic heterocycles. The van der Waals surface area contributed by atoms with Gasteiger partial charge in [-0.1, -0.05) is 35.3 Å². The molecule has 0 bridgehead atoms. The number of hydrazone groups is 1. The van der Waals surface area contributed by atoms with Crippen LogP contribution in [-0.4, -0.2) is 23.6 Å². The Hall–Kier alpha value is -2.64. The highest BCUT2D eigenvalue weighted by atomic mass is 35.5. The zero-order valence-electron chi connectivity index (χ0n) is 14.0. The van der Waals surface area contributed by atoms with Gasteiger partial charge in [-0.15, -0.1) is 0 Å². The molecule has 0 aliphatic rings. The Balaban J connectivity index is 1.98. The van der Waals surface area contributed by atoms with Crippen molar-refractivity contribution in [2.45, 2.75) is 13.8 Å². The van der Waals surface area contributed by atoms with E-state index < -0.39 is 4.92 Å². The second-order valence-electron chi connectivity index (χ2n) is 5.55. The first-order valence-corrected chi connectivity index (χ1v) is 8.30. The normalized spacial score (nSPS) is 10.8. The second-order valence-corrected chi connectivity index (χ2v) is 6.36. The summed E-state index contributed by atoms with van der Waals surface area (Å²) >= 11 is 11.7. The molecule has 0 radical (unpaired) electrons. The lowest BCUT2D eigenvalue weighted by molar-refractivity contribution is -0.384. The van der Waals surface area contributed by atoms with E-state index in [-0.39, 0.29) is 33.7 Å². The number of halogens is 2. The van der Waals surface area contributed by atoms with E-state index in [2.05, 4.69) is 15.8 Å². The van der Waals surface area contributed by atoms with Crippen molar-refractivity contribution in [3.8, 4) is 0 Å². The van der Waals surface area contributed by atoms with E-state index in [1.54, 1.807) is 0 Å². The number of hydrogen-bond acceptors (Lipinski definition) is 5. The molecular weight excluding hydrogens is 379 g/mol. The van der Waals surface area contributed by atoms with E-state index in [1.807, 2.05) is 32.0 Å². The van der Waals surface area contributed by atoms with Crippen molar-refractivity contribution in [2.75, 3.05) is 11.9 Å². The standard InChI is InChI=1S/C17H16Cl2N4O3/c1-10-3-4-11(2)15(5-10)20-9-17(24)22-21-8-12-6-16(23(25)26)14(19)7-13(12)18/h3-8,20H,9H2,1-2H3,(H,22,24)/b21-8-. The third-order valence-corrected chi connectivity index (χ3v) is 4.12. The van der Waals surface area contributed by atoms with Gasteiger partial charge in [-0.25, -0.2) is 5.43 Å². The summed E-state index contributed by atoms with van der Waals surface area (Å²) in [5, 5.41) is 17.8. The highest BCUT2D eigenvalue weighted by Crippen LogP contribution is 2.29. The van der Waals surface area contributed by atoms with Gasteiger partial charge in [-0.2, -0.15) is 5.10 Å². The average Bonchev–Trinajstić information content (AvgIpc) is 2.57. The molecule has 0 fully saturated rings. The van der Waals surface area contributed by atoms with Gasteiger partial charge in [0, 0.05) is 17.3 Å². The van der Waals surface area contributed by atoms with Crippen molar-refractivity contribution in [1.82, 2.24) is 5.43 Å². The summed E-state index contributed by atoms with van der Waals surface area (Å²) < 4.78 is 0. The third-order valence-electron chi connectivity index (χ3n) is 3.49. The van der Waals surface area contributed by atoms with Gasteiger partial charge in [0.15, 0.2) is 0 Å². The molecule has 2 aromatic rings. The lowest BCUT2D eigenvalue weighted by Crippen LogP contribution is -2.26. The monoisotopic (exact) mass is 394 g/mol. The molecule has 1 amide bonds. The number of hydrogen-bond donors (Lipinski definition) is 2. The highest BCUT2D eigenvalue weighted by Gasteiger charge is 2.15. The van der Waals surface area contributed by atoms with Crippen molar-refractivity contribution in [1.29, 1.82) is 0 Å². The van der Waals surface area contributed by atoms with Gasteiger partial charge in [0.05, 0.1) is 22.7 Å². The molecule has 26 heavy (non-hydrogen) atoms. The number of amides is 1. The van der Waals surface area contributed by atoms with Gasteiger partial charge in [0.25, 0.3) is 11.6 Å². The van der Waals surface area contributed by atoms with Crippen LogP contribution in [0.15, 0.2) is 35.4 Å². The number of nitrogens with zero attached hydrogens (tertiary/aromatic N) is 2. The molecule has 0 saturated carbocycles. The van der Waals surface area contributed by atoms with E-state index >= 15 is 0 Å². The maximum absolute atomic E-state index is 11.9. The van der Waals surface area contributed by atoms with Gasteiger partial charge in [0.1, 0.15) is 5.02 Å². The number of nitrogens with one attached hydrogen (secondary N) is 2. The summed E-state index contributed by atoms with van der Waals surface area (Å²) in [5.41, 5.74) is 5.27. The molecular formula is C17H16Cl2N4O3. The van der Waals surface area contributed by atoms with Crippen molar-refractivity contribution >= 4 is 46.7 Å². The Labute approximate surface area is 160 Å². The fraction of sp³-hybridized carbons (Fsp3) is 0.176. The van der Waals surface area contributed by atoms with E-state index in [1.165, 1.54) is 18.3 Å². The predicted molar refractivity (Wildman–Crippen MR) is 103 cm³/mol. The maximum atomic E-state index is 11.9. The quantitative estimate of drug-likeness (QED) is 0.438. The maximum Gasteiger partial charge on any atom is 0.288 e. The molecule has 2 rings (SSSR count). The highest BCUT2D eigenvalue weighted by molar-refractivity contribution is 6.37. The van der Waals surface area contributed by atoms with Crippen LogP contribution < -0.4 is 10.7 Å². The van der Waals surface area contributed by atoms with Crippen molar-refractivity contribution in [3.05, 3.63) is 67.2 Å². The molecule has 9 heteroatoms. The predicted octanol–water partition coefficient (Wildman–Crippen LogP) is 4.08. The van der Waals surface area contributed by atoms with Crippen LogP contribution >= 0.6 is 23.2 Å². The Morgan fingerprint density at radius 3 is 2.65 bits per heavy atom. The molecule has 0 atom stereocenters. The van der Waals surface area contributed by atoms with Gasteiger partial charge in [0.2, 0.25) is 0 Å². The van der Waals surface area contributed by atoms with Crippen LogP contribution in [0.1, 0.15) is 16.7 Å². The number of anilines is 1. The molecule has 0 spiro atoms. The molecule has 0 aliphatic heterocycles. The lowest BCUT2D eigenvalue weighted by atomic mass is 10.1. The van der Waals surface area contributed by atoms with Crippen LogP contribution in [-0.2, 0) is 4.79 Å². The first-order valence-electron chi connectivity index (χ1n) is 7.54. The summed E-state index contributed by atoms with van der Waals surface area (Å²) in [7, 11) is 0. The molecule has 7 nitrogen and oxygen atoms in total. The summed E-state index contributed by atoms with van der Waals surface area (Å²) in [6.45, 7) is 3.92. The Morgan fingerprint density at radius 2 is 1.96 bits per heavy atom. The minimum atomic E-state index is -0.622. The van der Waals surface area contributed by atoms with Crippen LogP contribution in [0.3, 0.4) is 0 Å². The topological polar surface area (TPSA) is 96.6 Å². The lowest BCUT2D eigenvalue weighted by Gasteiger charge is -2.09. The zero-order valence-corrected chi connectivity index (χ0v) is 15.6. The molecule has 136 valence electrons. The van der Waals surface area contributed by atoms with Gasteiger partial charge in [-0.3, -0.25) is 14.9 Å². The number of carbonyl (C=O) groups is 1. The molecule has 2 aromatic carbocycles. The fourth-order valence-corrected chi connectivity index (χ4v) is 2.61. The zero-order chi connectivity index (χ0) is 19.3. The third kappa shape index (κ3) is 5.18. The van der Waals surface area contributed by atoms with Crippen LogP contribution in [0.2, 0.25) is 10.0 Å². The number of benzene rings is 2.